The molecule has 1 atom stereocenters. The lowest BCUT2D eigenvalue weighted by Crippen LogP contribution is -2.35. The van der Waals surface area contributed by atoms with Crippen molar-refractivity contribution in [2.45, 2.75) is 12.5 Å². The Kier molecular flexibility index (Phi) is 5.47. The molecule has 134 valence electrons. The number of nitrogens with two attached hydrogens (primary N) is 1. The van der Waals surface area contributed by atoms with E-state index in [1.54, 1.807) is 0 Å². The Balaban J connectivity index is 2.52. The number of methoxy groups -OCH3 is 2. The number of hydrogen-bond acceptors (Lipinski definition) is 8. The van der Waals surface area contributed by atoms with Gasteiger partial charge in [0.15, 0.2) is 11.6 Å². The van der Waals surface area contributed by atoms with Gasteiger partial charge >= 0.3 is 5.97 Å². The predicted molar refractivity (Wildman–Crippen MR) is 83.5 cm³/mol. The van der Waals surface area contributed by atoms with Gasteiger partial charge in [-0.15, -0.1) is 0 Å². The van der Waals surface area contributed by atoms with Crippen LogP contribution in [0.25, 0.3) is 0 Å². The fourth-order valence-corrected chi connectivity index (χ4v) is 2.49. The molecule has 11 heteroatoms. The van der Waals surface area contributed by atoms with Gasteiger partial charge in [-0.2, -0.15) is 13.4 Å². The Morgan fingerprint density at radius 3 is 2.67 bits per heavy atom. The van der Waals surface area contributed by atoms with E-state index in [1.807, 2.05) is 0 Å². The number of nitrogens with zero attached hydrogens (tertiary/aromatic N) is 2. The minimum Gasteiger partial charge on any atom is -0.482 e. The normalized spacial score (nSPS) is 17.4. The second kappa shape index (κ2) is 7.20. The van der Waals surface area contributed by atoms with Crippen molar-refractivity contribution in [2.24, 2.45) is 5.14 Å². The number of ether oxygens (including phenoxy) is 4. The van der Waals surface area contributed by atoms with Crippen LogP contribution in [0.3, 0.4) is 0 Å². The van der Waals surface area contributed by atoms with E-state index < -0.39 is 16.2 Å². The lowest BCUT2D eigenvalue weighted by atomic mass is 10.2. The lowest BCUT2D eigenvalue weighted by molar-refractivity contribution is 0.0600. The molecule has 24 heavy (non-hydrogen) atoms. The highest BCUT2D eigenvalue weighted by atomic mass is 32.2. The van der Waals surface area contributed by atoms with Crippen LogP contribution in [-0.4, -0.2) is 60.0 Å². The molecule has 1 aliphatic heterocycles. The molecule has 0 aliphatic carbocycles. The molecule has 2 N–H and O–H groups in total. The van der Waals surface area contributed by atoms with Gasteiger partial charge < -0.3 is 18.9 Å². The number of aromatic nitrogens is 1. The summed E-state index contributed by atoms with van der Waals surface area (Å²) in [5, 5.41) is 5.10. The van der Waals surface area contributed by atoms with E-state index in [-0.39, 0.29) is 29.1 Å². The van der Waals surface area contributed by atoms with Gasteiger partial charge in [-0.25, -0.2) is 14.2 Å². The van der Waals surface area contributed by atoms with Gasteiger partial charge in [-0.05, 0) is 0 Å². The zero-order valence-corrected chi connectivity index (χ0v) is 14.3. The molecule has 2 heterocycles. The van der Waals surface area contributed by atoms with Crippen molar-refractivity contribution < 1.29 is 32.2 Å². The molecule has 0 spiro atoms. The van der Waals surface area contributed by atoms with Gasteiger partial charge in [0.05, 0.1) is 27.4 Å². The van der Waals surface area contributed by atoms with Crippen LogP contribution in [0.1, 0.15) is 16.8 Å². The van der Waals surface area contributed by atoms with Crippen LogP contribution in [0, 0.1) is 0 Å². The topological polar surface area (TPSA) is 130 Å². The van der Waals surface area contributed by atoms with Gasteiger partial charge in [0.25, 0.3) is 16.1 Å². The first-order valence-corrected chi connectivity index (χ1v) is 8.46. The molecule has 0 aromatic carbocycles. The fourth-order valence-electron chi connectivity index (χ4n) is 2.11. The SMILES string of the molecule is COC(=O)c1cc(O[C@H]2CCOC2)c(OC)nc1N(C)S(N)(=O)=O. The fraction of sp³-hybridized carbons (Fsp3) is 0.538. The quantitative estimate of drug-likeness (QED) is 0.683. The van der Waals surface area contributed by atoms with Crippen LogP contribution in [-0.2, 0) is 19.7 Å². The van der Waals surface area contributed by atoms with E-state index in [0.29, 0.717) is 23.9 Å². The summed E-state index contributed by atoms with van der Waals surface area (Å²) in [6, 6.07) is 1.31. The van der Waals surface area contributed by atoms with E-state index in [9.17, 15) is 13.2 Å². The predicted octanol–water partition coefficient (Wildman–Crippen LogP) is -0.316. The highest BCUT2D eigenvalue weighted by Gasteiger charge is 2.28. The van der Waals surface area contributed by atoms with Gasteiger partial charge in [-0.3, -0.25) is 0 Å². The standard InChI is InChI=1S/C13H19N3O7S/c1-16(24(14,18)19)11-9(13(17)21-3)6-10(12(15-11)20-2)23-8-4-5-22-7-8/h6,8H,4-5,7H2,1-3H3,(H2,14,18,19)/t8-/m0/s1. The number of rotatable bonds is 6. The number of pyridine rings is 1. The van der Waals surface area contributed by atoms with Crippen LogP contribution in [0.2, 0.25) is 0 Å². The van der Waals surface area contributed by atoms with Crippen molar-refractivity contribution in [3.05, 3.63) is 11.6 Å². The summed E-state index contributed by atoms with van der Waals surface area (Å²) in [4.78, 5) is 16.1. The molecule has 10 nitrogen and oxygen atoms in total. The summed E-state index contributed by atoms with van der Waals surface area (Å²) in [5.41, 5.74) is -0.122. The molecule has 1 aromatic heterocycles. The summed E-state index contributed by atoms with van der Waals surface area (Å²) in [7, 11) is -0.461. The van der Waals surface area contributed by atoms with Crippen LogP contribution in [0.5, 0.6) is 11.6 Å². The molecule has 0 unspecified atom stereocenters. The van der Waals surface area contributed by atoms with E-state index in [0.717, 1.165) is 7.05 Å². The maximum atomic E-state index is 12.0. The van der Waals surface area contributed by atoms with E-state index in [4.69, 9.17) is 19.3 Å². The summed E-state index contributed by atoms with van der Waals surface area (Å²) in [6.45, 7) is 0.964. The van der Waals surface area contributed by atoms with E-state index >= 15 is 0 Å². The average Bonchev–Trinajstić information content (AvgIpc) is 3.05. The molecule has 0 saturated carbocycles. The third-order valence-electron chi connectivity index (χ3n) is 3.39. The third-order valence-corrected chi connectivity index (χ3v) is 4.33. The van der Waals surface area contributed by atoms with E-state index in [1.165, 1.54) is 20.3 Å². The molecular weight excluding hydrogens is 342 g/mol. The Morgan fingerprint density at radius 1 is 1.46 bits per heavy atom. The Morgan fingerprint density at radius 2 is 2.17 bits per heavy atom. The minimum absolute atomic E-state index is 0.0139. The molecule has 0 radical (unpaired) electrons. The third kappa shape index (κ3) is 3.86. The molecule has 1 saturated heterocycles. The Bertz CT molecular complexity index is 717. The average molecular weight is 361 g/mol. The first kappa shape index (κ1) is 18.2. The second-order valence-electron chi connectivity index (χ2n) is 4.97. The number of carbonyl (C=O) groups is 1. The van der Waals surface area contributed by atoms with Crippen LogP contribution < -0.4 is 18.9 Å². The van der Waals surface area contributed by atoms with Crippen molar-refractivity contribution >= 4 is 22.0 Å². The first-order chi connectivity index (χ1) is 11.3. The maximum absolute atomic E-state index is 12.0. The molecule has 0 bridgehead atoms. The van der Waals surface area contributed by atoms with Crippen molar-refractivity contribution in [1.82, 2.24) is 4.98 Å². The number of hydrogen-bond donors (Lipinski definition) is 1. The van der Waals surface area contributed by atoms with Crippen molar-refractivity contribution in [3.8, 4) is 11.6 Å². The van der Waals surface area contributed by atoms with Crippen LogP contribution in [0.4, 0.5) is 5.82 Å². The van der Waals surface area contributed by atoms with E-state index in [2.05, 4.69) is 9.72 Å². The van der Waals surface area contributed by atoms with Crippen LogP contribution >= 0.6 is 0 Å². The smallest absolute Gasteiger partial charge is 0.341 e. The molecule has 1 aliphatic rings. The molecule has 1 aromatic rings. The van der Waals surface area contributed by atoms with Crippen molar-refractivity contribution in [1.29, 1.82) is 0 Å². The van der Waals surface area contributed by atoms with Crippen molar-refractivity contribution in [2.75, 3.05) is 38.8 Å². The van der Waals surface area contributed by atoms with Crippen LogP contribution in [0.15, 0.2) is 6.07 Å². The summed E-state index contributed by atoms with van der Waals surface area (Å²) in [6.07, 6.45) is 0.461. The summed E-state index contributed by atoms with van der Waals surface area (Å²) < 4.78 is 44.6. The van der Waals surface area contributed by atoms with Gasteiger partial charge in [0.2, 0.25) is 0 Å². The lowest BCUT2D eigenvalue weighted by Gasteiger charge is -2.21. The molecule has 2 rings (SSSR count). The number of esters is 1. The largest absolute Gasteiger partial charge is 0.482 e. The highest BCUT2D eigenvalue weighted by molar-refractivity contribution is 7.90. The summed E-state index contributed by atoms with van der Waals surface area (Å²) in [5.74, 6) is -0.820. The first-order valence-electron chi connectivity index (χ1n) is 6.96. The maximum Gasteiger partial charge on any atom is 0.341 e. The molecule has 1 fully saturated rings. The second-order valence-corrected chi connectivity index (χ2v) is 6.55. The highest BCUT2D eigenvalue weighted by Crippen LogP contribution is 2.33. The Labute approximate surface area is 139 Å². The zero-order chi connectivity index (χ0) is 17.9. The Hall–Kier alpha value is -2.11. The summed E-state index contributed by atoms with van der Waals surface area (Å²) >= 11 is 0. The monoisotopic (exact) mass is 361 g/mol. The van der Waals surface area contributed by atoms with Gasteiger partial charge in [0.1, 0.15) is 11.7 Å². The number of carbonyl (C=O) groups excluding carboxylic acids is 1. The zero-order valence-electron chi connectivity index (χ0n) is 13.5. The molecule has 0 amide bonds. The van der Waals surface area contributed by atoms with Gasteiger partial charge in [-0.1, -0.05) is 0 Å². The van der Waals surface area contributed by atoms with Gasteiger partial charge in [0, 0.05) is 19.5 Å². The van der Waals surface area contributed by atoms with Crippen molar-refractivity contribution in [3.63, 3.8) is 0 Å². The number of anilines is 1. The minimum atomic E-state index is -4.13. The molecular formula is C13H19N3O7S.